The lowest BCUT2D eigenvalue weighted by molar-refractivity contribution is 0.454. The van der Waals surface area contributed by atoms with Crippen molar-refractivity contribution in [3.8, 4) is 11.4 Å². The molecule has 22 heavy (non-hydrogen) atoms. The Bertz CT molecular complexity index is 728. The van der Waals surface area contributed by atoms with Gasteiger partial charge in [-0.2, -0.15) is 0 Å². The minimum absolute atomic E-state index is 0.0265. The zero-order chi connectivity index (χ0) is 14.9. The van der Waals surface area contributed by atoms with Crippen molar-refractivity contribution in [2.24, 2.45) is 0 Å². The van der Waals surface area contributed by atoms with Crippen LogP contribution in [0.2, 0.25) is 0 Å². The molecule has 0 radical (unpaired) electrons. The number of nitrogens with zero attached hydrogens (tertiary/aromatic N) is 1. The molecule has 1 unspecified atom stereocenters. The predicted octanol–water partition coefficient (Wildman–Crippen LogP) is 2.84. The maximum atomic E-state index is 12.1. The summed E-state index contributed by atoms with van der Waals surface area (Å²) in [4.78, 5) is 21.4. The molecule has 116 valence electrons. The largest absolute Gasteiger partial charge is 0.316 e. The molecule has 1 saturated heterocycles. The lowest BCUT2D eigenvalue weighted by Crippen LogP contribution is -2.29. The standard InChI is InChI=1S/C17H21N3OS/c21-16-8-14(11-4-3-7-18-9-11)19-17(20-16)13-10-22-15-6-2-1-5-12(13)15/h8,10-11,18H,1-7,9H2,(H,19,20,21). The van der Waals surface area contributed by atoms with Crippen LogP contribution in [0, 0.1) is 0 Å². The Balaban J connectivity index is 1.74. The fourth-order valence-electron chi connectivity index (χ4n) is 3.61. The highest BCUT2D eigenvalue weighted by atomic mass is 32.1. The van der Waals surface area contributed by atoms with E-state index in [1.54, 1.807) is 6.07 Å². The van der Waals surface area contributed by atoms with Crippen LogP contribution in [-0.2, 0) is 12.8 Å². The minimum atomic E-state index is -0.0265. The summed E-state index contributed by atoms with van der Waals surface area (Å²) in [6.07, 6.45) is 7.09. The third kappa shape index (κ3) is 2.63. The minimum Gasteiger partial charge on any atom is -0.316 e. The second-order valence-corrected chi connectivity index (χ2v) is 7.28. The van der Waals surface area contributed by atoms with Crippen LogP contribution in [-0.4, -0.2) is 23.1 Å². The Hall–Kier alpha value is -1.46. The number of aromatic nitrogens is 2. The molecule has 2 N–H and O–H groups in total. The van der Waals surface area contributed by atoms with Gasteiger partial charge in [-0.25, -0.2) is 4.98 Å². The van der Waals surface area contributed by atoms with Crippen LogP contribution in [0.25, 0.3) is 11.4 Å². The van der Waals surface area contributed by atoms with Gasteiger partial charge in [0.05, 0.1) is 5.69 Å². The van der Waals surface area contributed by atoms with Crippen LogP contribution in [0.1, 0.15) is 47.7 Å². The summed E-state index contributed by atoms with van der Waals surface area (Å²) in [5.41, 5.74) is 3.49. The number of fused-ring (bicyclic) bond motifs is 1. The van der Waals surface area contributed by atoms with Crippen molar-refractivity contribution in [3.63, 3.8) is 0 Å². The van der Waals surface area contributed by atoms with Crippen LogP contribution in [0.5, 0.6) is 0 Å². The number of piperidine rings is 1. The molecule has 0 saturated carbocycles. The van der Waals surface area contributed by atoms with Crippen molar-refractivity contribution in [1.29, 1.82) is 0 Å². The van der Waals surface area contributed by atoms with Crippen LogP contribution < -0.4 is 10.9 Å². The Morgan fingerprint density at radius 1 is 1.23 bits per heavy atom. The molecule has 0 aromatic carbocycles. The van der Waals surface area contributed by atoms with E-state index < -0.39 is 0 Å². The zero-order valence-electron chi connectivity index (χ0n) is 12.7. The number of nitrogens with one attached hydrogen (secondary N) is 2. The molecule has 0 bridgehead atoms. The summed E-state index contributed by atoms with van der Waals surface area (Å²) in [6, 6.07) is 1.68. The maximum Gasteiger partial charge on any atom is 0.251 e. The average Bonchev–Trinajstić information content (AvgIpc) is 2.99. The molecule has 0 spiro atoms. The van der Waals surface area contributed by atoms with E-state index >= 15 is 0 Å². The number of thiophene rings is 1. The topological polar surface area (TPSA) is 57.8 Å². The Labute approximate surface area is 134 Å². The second kappa shape index (κ2) is 5.97. The lowest BCUT2D eigenvalue weighted by Gasteiger charge is -2.22. The molecule has 2 aromatic heterocycles. The summed E-state index contributed by atoms with van der Waals surface area (Å²) in [5.74, 6) is 1.14. The van der Waals surface area contributed by atoms with Gasteiger partial charge in [-0.05, 0) is 50.6 Å². The smallest absolute Gasteiger partial charge is 0.251 e. The molecule has 1 aliphatic carbocycles. The molecule has 1 fully saturated rings. The summed E-state index contributed by atoms with van der Waals surface area (Å²) < 4.78 is 0. The normalized spacial score (nSPS) is 21.5. The summed E-state index contributed by atoms with van der Waals surface area (Å²) in [5, 5.41) is 5.58. The van der Waals surface area contributed by atoms with Gasteiger partial charge in [0.25, 0.3) is 5.56 Å². The number of hydrogen-bond acceptors (Lipinski definition) is 4. The first-order chi connectivity index (χ1) is 10.8. The van der Waals surface area contributed by atoms with Gasteiger partial charge in [0.15, 0.2) is 0 Å². The first kappa shape index (κ1) is 14.2. The maximum absolute atomic E-state index is 12.1. The van der Waals surface area contributed by atoms with Crippen LogP contribution >= 0.6 is 11.3 Å². The van der Waals surface area contributed by atoms with E-state index in [9.17, 15) is 4.79 Å². The number of H-pyrrole nitrogens is 1. The summed E-state index contributed by atoms with van der Waals surface area (Å²) in [6.45, 7) is 2.00. The highest BCUT2D eigenvalue weighted by Crippen LogP contribution is 2.35. The van der Waals surface area contributed by atoms with Crippen LogP contribution in [0.4, 0.5) is 0 Å². The Kier molecular flexibility index (Phi) is 3.84. The van der Waals surface area contributed by atoms with E-state index in [1.807, 2.05) is 11.3 Å². The van der Waals surface area contributed by atoms with Gasteiger partial charge in [0.1, 0.15) is 5.82 Å². The van der Waals surface area contributed by atoms with Crippen LogP contribution in [0.3, 0.4) is 0 Å². The molecular formula is C17H21N3OS. The molecular weight excluding hydrogens is 294 g/mol. The molecule has 5 heteroatoms. The molecule has 0 amide bonds. The molecule has 2 aliphatic rings. The lowest BCUT2D eigenvalue weighted by atomic mass is 9.94. The third-order valence-electron chi connectivity index (χ3n) is 4.79. The summed E-state index contributed by atoms with van der Waals surface area (Å²) in [7, 11) is 0. The van der Waals surface area contributed by atoms with Crippen molar-refractivity contribution in [2.75, 3.05) is 13.1 Å². The van der Waals surface area contributed by atoms with Crippen molar-refractivity contribution in [3.05, 3.63) is 37.9 Å². The van der Waals surface area contributed by atoms with Crippen molar-refractivity contribution in [1.82, 2.24) is 15.3 Å². The van der Waals surface area contributed by atoms with Crippen molar-refractivity contribution >= 4 is 11.3 Å². The SMILES string of the molecule is O=c1cc(C2CCCNC2)nc(-c2csc3c2CCCC3)[nH]1. The summed E-state index contributed by atoms with van der Waals surface area (Å²) >= 11 is 1.82. The van der Waals surface area contributed by atoms with E-state index in [0.29, 0.717) is 5.92 Å². The highest BCUT2D eigenvalue weighted by Gasteiger charge is 2.21. The molecule has 1 aliphatic heterocycles. The highest BCUT2D eigenvalue weighted by molar-refractivity contribution is 7.10. The number of rotatable bonds is 2. The third-order valence-corrected chi connectivity index (χ3v) is 5.88. The molecule has 3 heterocycles. The van der Waals surface area contributed by atoms with E-state index in [4.69, 9.17) is 4.98 Å². The second-order valence-electron chi connectivity index (χ2n) is 6.32. The fourth-order valence-corrected chi connectivity index (χ4v) is 4.74. The van der Waals surface area contributed by atoms with E-state index in [-0.39, 0.29) is 5.56 Å². The zero-order valence-corrected chi connectivity index (χ0v) is 13.5. The van der Waals surface area contributed by atoms with Gasteiger partial charge >= 0.3 is 0 Å². The Morgan fingerprint density at radius 3 is 3.00 bits per heavy atom. The monoisotopic (exact) mass is 315 g/mol. The van der Waals surface area contributed by atoms with Gasteiger partial charge in [0.2, 0.25) is 0 Å². The van der Waals surface area contributed by atoms with E-state index in [1.165, 1.54) is 29.7 Å². The Morgan fingerprint density at radius 2 is 2.14 bits per heavy atom. The first-order valence-corrected chi connectivity index (χ1v) is 9.11. The van der Waals surface area contributed by atoms with Crippen molar-refractivity contribution in [2.45, 2.75) is 44.4 Å². The predicted molar refractivity (Wildman–Crippen MR) is 89.7 cm³/mol. The number of aromatic amines is 1. The van der Waals surface area contributed by atoms with E-state index in [0.717, 1.165) is 49.4 Å². The van der Waals surface area contributed by atoms with Gasteiger partial charge in [-0.3, -0.25) is 4.79 Å². The molecule has 2 aromatic rings. The average molecular weight is 315 g/mol. The fraction of sp³-hybridized carbons (Fsp3) is 0.529. The molecule has 4 nitrogen and oxygen atoms in total. The van der Waals surface area contributed by atoms with Crippen molar-refractivity contribution < 1.29 is 0 Å². The van der Waals surface area contributed by atoms with Gasteiger partial charge in [-0.15, -0.1) is 11.3 Å². The van der Waals surface area contributed by atoms with Gasteiger partial charge in [0, 0.05) is 34.3 Å². The quantitative estimate of drug-likeness (QED) is 0.896. The first-order valence-electron chi connectivity index (χ1n) is 8.23. The molecule has 4 rings (SSSR count). The van der Waals surface area contributed by atoms with Gasteiger partial charge < -0.3 is 10.3 Å². The van der Waals surface area contributed by atoms with Crippen LogP contribution in [0.15, 0.2) is 16.2 Å². The number of hydrogen-bond donors (Lipinski definition) is 2. The molecule has 1 atom stereocenters. The number of aryl methyl sites for hydroxylation is 1. The van der Waals surface area contributed by atoms with Gasteiger partial charge in [-0.1, -0.05) is 0 Å². The van der Waals surface area contributed by atoms with E-state index in [2.05, 4.69) is 15.7 Å².